The van der Waals surface area contributed by atoms with E-state index < -0.39 is 0 Å². The van der Waals surface area contributed by atoms with Crippen molar-refractivity contribution in [3.63, 3.8) is 0 Å². The molecule has 0 radical (unpaired) electrons. The summed E-state index contributed by atoms with van der Waals surface area (Å²) in [6, 6.07) is 9.12. The maximum Gasteiger partial charge on any atom is 0.337 e. The number of carbonyl (C=O) groups is 2. The van der Waals surface area contributed by atoms with Gasteiger partial charge in [0.05, 0.1) is 36.8 Å². The van der Waals surface area contributed by atoms with Crippen molar-refractivity contribution in [3.05, 3.63) is 64.2 Å². The molecule has 1 aliphatic rings. The summed E-state index contributed by atoms with van der Waals surface area (Å²) in [6.07, 6.45) is 2.37. The first-order valence-electron chi connectivity index (χ1n) is 11.5. The van der Waals surface area contributed by atoms with Crippen molar-refractivity contribution in [2.45, 2.75) is 58.3 Å². The van der Waals surface area contributed by atoms with Crippen LogP contribution in [-0.2, 0) is 16.0 Å². The van der Waals surface area contributed by atoms with Gasteiger partial charge in [-0.3, -0.25) is 4.79 Å². The third-order valence-corrected chi connectivity index (χ3v) is 7.42. The highest BCUT2D eigenvalue weighted by molar-refractivity contribution is 7.99. The Morgan fingerprint density at radius 3 is 2.53 bits per heavy atom. The summed E-state index contributed by atoms with van der Waals surface area (Å²) in [5.74, 6) is 0.00807. The van der Waals surface area contributed by atoms with Gasteiger partial charge in [0.15, 0.2) is 10.9 Å². The molecule has 7 nitrogen and oxygen atoms in total. The van der Waals surface area contributed by atoms with Gasteiger partial charge in [-0.1, -0.05) is 11.8 Å². The molecule has 3 aromatic rings. The van der Waals surface area contributed by atoms with Crippen LogP contribution < -0.4 is 0 Å². The summed E-state index contributed by atoms with van der Waals surface area (Å²) < 4.78 is 14.8. The lowest BCUT2D eigenvalue weighted by Crippen LogP contribution is -2.17. The zero-order chi connectivity index (χ0) is 24.4. The van der Waals surface area contributed by atoms with Gasteiger partial charge in [-0.2, -0.15) is 0 Å². The summed E-state index contributed by atoms with van der Waals surface area (Å²) >= 11 is 1.48. The monoisotopic (exact) mass is 481 g/mol. The molecular formula is C26H31N3O4S. The SMILES string of the molecule is COC(=O)c1ccc(-n2c(C)cc(C(=O)CSc3nc(C)c(C)n3CC3CCCO3)c2C)cc1. The van der Waals surface area contributed by atoms with Crippen molar-refractivity contribution in [2.24, 2.45) is 0 Å². The van der Waals surface area contributed by atoms with Gasteiger partial charge in [-0.05, 0) is 70.9 Å². The van der Waals surface area contributed by atoms with Gasteiger partial charge in [0, 0.05) is 34.9 Å². The second-order valence-corrected chi connectivity index (χ2v) is 9.62. The zero-order valence-corrected chi connectivity index (χ0v) is 21.2. The Balaban J connectivity index is 1.51. The van der Waals surface area contributed by atoms with Crippen LogP contribution in [0.5, 0.6) is 0 Å². The lowest BCUT2D eigenvalue weighted by molar-refractivity contribution is 0.0600. The van der Waals surface area contributed by atoms with Gasteiger partial charge in [0.25, 0.3) is 0 Å². The maximum atomic E-state index is 13.2. The first-order valence-corrected chi connectivity index (χ1v) is 12.5. The van der Waals surface area contributed by atoms with Crippen molar-refractivity contribution < 1.29 is 19.1 Å². The molecule has 1 aromatic carbocycles. The summed E-state index contributed by atoms with van der Waals surface area (Å²) in [5, 5.41) is 0.867. The number of hydrogen-bond acceptors (Lipinski definition) is 6. The first-order chi connectivity index (χ1) is 16.3. The molecule has 1 aliphatic heterocycles. The predicted octanol–water partition coefficient (Wildman–Crippen LogP) is 4.85. The molecular weight excluding hydrogens is 450 g/mol. The van der Waals surface area contributed by atoms with Crippen LogP contribution in [0.3, 0.4) is 0 Å². The maximum absolute atomic E-state index is 13.2. The average molecular weight is 482 g/mol. The number of ether oxygens (including phenoxy) is 2. The van der Waals surface area contributed by atoms with Gasteiger partial charge in [0.1, 0.15) is 0 Å². The molecule has 0 spiro atoms. The normalized spacial score (nSPS) is 15.6. The molecule has 180 valence electrons. The molecule has 2 aromatic heterocycles. The Labute approximate surface area is 204 Å². The number of ketones is 1. The van der Waals surface area contributed by atoms with Gasteiger partial charge in [-0.15, -0.1) is 0 Å². The number of methoxy groups -OCH3 is 1. The molecule has 1 saturated heterocycles. The Morgan fingerprint density at radius 2 is 1.88 bits per heavy atom. The molecule has 0 amide bonds. The van der Waals surface area contributed by atoms with Crippen LogP contribution in [0, 0.1) is 27.7 Å². The molecule has 1 atom stereocenters. The number of imidazole rings is 1. The van der Waals surface area contributed by atoms with Crippen molar-refractivity contribution in [1.29, 1.82) is 0 Å². The van der Waals surface area contributed by atoms with E-state index in [1.165, 1.54) is 18.9 Å². The molecule has 1 fully saturated rings. The van der Waals surface area contributed by atoms with Gasteiger partial charge in [0.2, 0.25) is 0 Å². The summed E-state index contributed by atoms with van der Waals surface area (Å²) in [5.41, 5.74) is 6.04. The van der Waals surface area contributed by atoms with Crippen LogP contribution in [0.2, 0.25) is 0 Å². The number of thioether (sulfide) groups is 1. The van der Waals surface area contributed by atoms with Crippen LogP contribution in [0.4, 0.5) is 0 Å². The Hall–Kier alpha value is -2.84. The van der Waals surface area contributed by atoms with Gasteiger partial charge in [-0.25, -0.2) is 9.78 Å². The van der Waals surface area contributed by atoms with Crippen molar-refractivity contribution in [3.8, 4) is 5.69 Å². The molecule has 0 bridgehead atoms. The predicted molar refractivity (Wildman–Crippen MR) is 132 cm³/mol. The highest BCUT2D eigenvalue weighted by Gasteiger charge is 2.22. The molecule has 0 saturated carbocycles. The van der Waals surface area contributed by atoms with E-state index in [0.717, 1.165) is 59.6 Å². The molecule has 4 rings (SSSR count). The fraction of sp³-hybridized carbons (Fsp3) is 0.423. The van der Waals surface area contributed by atoms with E-state index in [0.29, 0.717) is 16.9 Å². The number of rotatable bonds is 8. The summed E-state index contributed by atoms with van der Waals surface area (Å²) in [4.78, 5) is 29.7. The van der Waals surface area contributed by atoms with Crippen LogP contribution >= 0.6 is 11.8 Å². The second kappa shape index (κ2) is 10.2. The zero-order valence-electron chi connectivity index (χ0n) is 20.4. The van der Waals surface area contributed by atoms with Crippen LogP contribution in [0.25, 0.3) is 5.69 Å². The van der Waals surface area contributed by atoms with E-state index >= 15 is 0 Å². The Kier molecular flexibility index (Phi) is 7.28. The number of carbonyl (C=O) groups excluding carboxylic acids is 2. The number of hydrogen-bond donors (Lipinski definition) is 0. The third kappa shape index (κ3) is 4.83. The van der Waals surface area contributed by atoms with Crippen molar-refractivity contribution >= 4 is 23.5 Å². The average Bonchev–Trinajstić information content (AvgIpc) is 3.52. The van der Waals surface area contributed by atoms with Crippen LogP contribution in [-0.4, -0.2) is 51.4 Å². The third-order valence-electron chi connectivity index (χ3n) is 6.44. The van der Waals surface area contributed by atoms with E-state index in [9.17, 15) is 9.59 Å². The Bertz CT molecular complexity index is 1200. The number of Topliss-reactive ketones (excluding diaryl/α,β-unsaturated/α-hetero) is 1. The summed E-state index contributed by atoms with van der Waals surface area (Å²) in [6.45, 7) is 9.60. The molecule has 1 unspecified atom stereocenters. The number of aromatic nitrogens is 3. The number of aryl methyl sites for hydroxylation is 2. The minimum absolute atomic E-state index is 0.0671. The van der Waals surface area contributed by atoms with E-state index in [2.05, 4.69) is 11.5 Å². The molecule has 3 heterocycles. The number of benzene rings is 1. The molecule has 0 aliphatic carbocycles. The molecule has 8 heteroatoms. The highest BCUT2D eigenvalue weighted by Crippen LogP contribution is 2.27. The fourth-order valence-corrected chi connectivity index (χ4v) is 5.44. The largest absolute Gasteiger partial charge is 0.465 e. The molecule has 0 N–H and O–H groups in total. The van der Waals surface area contributed by atoms with Crippen LogP contribution in [0.1, 0.15) is 56.3 Å². The lowest BCUT2D eigenvalue weighted by atomic mass is 10.2. The lowest BCUT2D eigenvalue weighted by Gasteiger charge is -2.14. The highest BCUT2D eigenvalue weighted by atomic mass is 32.2. The molecule has 34 heavy (non-hydrogen) atoms. The minimum atomic E-state index is -0.372. The second-order valence-electron chi connectivity index (χ2n) is 8.68. The van der Waals surface area contributed by atoms with Gasteiger partial charge < -0.3 is 18.6 Å². The van der Waals surface area contributed by atoms with E-state index in [-0.39, 0.29) is 17.9 Å². The summed E-state index contributed by atoms with van der Waals surface area (Å²) in [7, 11) is 1.37. The van der Waals surface area contributed by atoms with Crippen molar-refractivity contribution in [1.82, 2.24) is 14.1 Å². The van der Waals surface area contributed by atoms with E-state index in [4.69, 9.17) is 14.5 Å². The quantitative estimate of drug-likeness (QED) is 0.260. The van der Waals surface area contributed by atoms with E-state index in [1.807, 2.05) is 43.5 Å². The van der Waals surface area contributed by atoms with E-state index in [1.54, 1.807) is 12.1 Å². The smallest absolute Gasteiger partial charge is 0.337 e. The van der Waals surface area contributed by atoms with Crippen molar-refractivity contribution in [2.75, 3.05) is 19.5 Å². The van der Waals surface area contributed by atoms with Crippen LogP contribution in [0.15, 0.2) is 35.5 Å². The topological polar surface area (TPSA) is 75.4 Å². The number of nitrogens with zero attached hydrogens (tertiary/aromatic N) is 3. The first kappa shape index (κ1) is 24.3. The standard InChI is InChI=1S/C26H31N3O4S/c1-16-13-23(19(4)29(16)21-10-8-20(9-11-21)25(31)32-5)24(30)15-34-26-27-17(2)18(3)28(26)14-22-7-6-12-33-22/h8-11,13,22H,6-7,12,14-15H2,1-5H3. The Morgan fingerprint density at radius 1 is 1.15 bits per heavy atom. The number of esters is 1. The minimum Gasteiger partial charge on any atom is -0.465 e. The van der Waals surface area contributed by atoms with Gasteiger partial charge >= 0.3 is 5.97 Å². The fourth-order valence-electron chi connectivity index (χ4n) is 4.46.